The zero-order valence-corrected chi connectivity index (χ0v) is 18.5. The number of unbranched alkanes of at least 4 members (excludes halogenated alkanes) is 1. The van der Waals surface area contributed by atoms with Crippen LogP contribution in [0.15, 0.2) is 42.5 Å². The van der Waals surface area contributed by atoms with Crippen LogP contribution in [0.4, 0.5) is 0 Å². The van der Waals surface area contributed by atoms with Crippen LogP contribution in [0.2, 0.25) is 0 Å². The largest absolute Gasteiger partial charge is 0.486 e. The Hall–Kier alpha value is -3.21. The van der Waals surface area contributed by atoms with Gasteiger partial charge in [-0.3, -0.25) is 4.79 Å². The number of nitrogens with zero attached hydrogens (tertiary/aromatic N) is 1. The van der Waals surface area contributed by atoms with E-state index in [0.717, 1.165) is 47.5 Å². The van der Waals surface area contributed by atoms with Crippen molar-refractivity contribution in [1.82, 2.24) is 4.57 Å². The van der Waals surface area contributed by atoms with E-state index in [9.17, 15) is 4.79 Å². The summed E-state index contributed by atoms with van der Waals surface area (Å²) in [6.07, 6.45) is 2.98. The molecule has 1 aliphatic heterocycles. The second kappa shape index (κ2) is 8.88. The molecule has 2 heterocycles. The van der Waals surface area contributed by atoms with Gasteiger partial charge in [0, 0.05) is 23.5 Å². The molecule has 0 saturated heterocycles. The minimum Gasteiger partial charge on any atom is -0.486 e. The van der Waals surface area contributed by atoms with E-state index in [2.05, 4.69) is 42.7 Å². The highest BCUT2D eigenvalue weighted by Crippen LogP contribution is 2.39. The van der Waals surface area contributed by atoms with Crippen LogP contribution in [0.25, 0.3) is 11.1 Å². The van der Waals surface area contributed by atoms with E-state index >= 15 is 0 Å². The van der Waals surface area contributed by atoms with Crippen molar-refractivity contribution >= 4 is 5.91 Å². The molecule has 2 aromatic carbocycles. The molecule has 0 spiro atoms. The molecule has 2 N–H and O–H groups in total. The summed E-state index contributed by atoms with van der Waals surface area (Å²) in [7, 11) is 0. The average molecular weight is 419 g/mol. The Bertz CT molecular complexity index is 1110. The van der Waals surface area contributed by atoms with E-state index < -0.39 is 5.91 Å². The molecule has 1 aliphatic rings. The quantitative estimate of drug-likeness (QED) is 0.585. The number of benzene rings is 2. The SMILES string of the molecule is CCCCc1c(-c2ccc3c(c2)OCCO3)c(C(N)=O)c(C)n1Cc1cccc(C)c1. The lowest BCUT2D eigenvalue weighted by atomic mass is 9.97. The van der Waals surface area contributed by atoms with E-state index in [-0.39, 0.29) is 0 Å². The topological polar surface area (TPSA) is 66.5 Å². The van der Waals surface area contributed by atoms with Crippen molar-refractivity contribution in [3.63, 3.8) is 0 Å². The van der Waals surface area contributed by atoms with Crippen molar-refractivity contribution in [1.29, 1.82) is 0 Å². The first-order chi connectivity index (χ1) is 15.0. The first kappa shape index (κ1) is 21.0. The number of aryl methyl sites for hydroxylation is 1. The normalized spacial score (nSPS) is 12.7. The van der Waals surface area contributed by atoms with Crippen molar-refractivity contribution in [3.05, 3.63) is 70.5 Å². The summed E-state index contributed by atoms with van der Waals surface area (Å²) in [6, 6.07) is 14.4. The number of aromatic nitrogens is 1. The van der Waals surface area contributed by atoms with Crippen LogP contribution >= 0.6 is 0 Å². The van der Waals surface area contributed by atoms with Gasteiger partial charge in [0.05, 0.1) is 5.56 Å². The van der Waals surface area contributed by atoms with Crippen LogP contribution in [-0.2, 0) is 13.0 Å². The van der Waals surface area contributed by atoms with E-state index in [1.165, 1.54) is 11.1 Å². The van der Waals surface area contributed by atoms with Crippen molar-refractivity contribution in [2.75, 3.05) is 13.2 Å². The Kier molecular flexibility index (Phi) is 6.03. The molecule has 0 atom stereocenters. The van der Waals surface area contributed by atoms with Crippen molar-refractivity contribution in [2.45, 2.75) is 46.6 Å². The van der Waals surface area contributed by atoms with Crippen molar-refractivity contribution < 1.29 is 14.3 Å². The summed E-state index contributed by atoms with van der Waals surface area (Å²) < 4.78 is 13.7. The van der Waals surface area contributed by atoms with Crippen LogP contribution in [-0.4, -0.2) is 23.7 Å². The highest BCUT2D eigenvalue weighted by Gasteiger charge is 2.26. The molecule has 1 amide bonds. The highest BCUT2D eigenvalue weighted by atomic mass is 16.6. The fourth-order valence-corrected chi connectivity index (χ4v) is 4.42. The molecule has 31 heavy (non-hydrogen) atoms. The smallest absolute Gasteiger partial charge is 0.251 e. The molecular weight excluding hydrogens is 388 g/mol. The number of carbonyl (C=O) groups is 1. The summed E-state index contributed by atoms with van der Waals surface area (Å²) in [4.78, 5) is 12.6. The van der Waals surface area contributed by atoms with Gasteiger partial charge in [-0.15, -0.1) is 0 Å². The van der Waals surface area contributed by atoms with Gasteiger partial charge in [0.25, 0.3) is 5.91 Å². The molecule has 0 saturated carbocycles. The number of primary amides is 1. The van der Waals surface area contributed by atoms with Crippen LogP contribution in [0.1, 0.15) is 52.6 Å². The van der Waals surface area contributed by atoms with E-state index in [1.54, 1.807) is 0 Å². The van der Waals surface area contributed by atoms with Gasteiger partial charge in [-0.25, -0.2) is 0 Å². The van der Waals surface area contributed by atoms with Crippen LogP contribution in [0.3, 0.4) is 0 Å². The van der Waals surface area contributed by atoms with E-state index in [1.807, 2.05) is 25.1 Å². The van der Waals surface area contributed by atoms with Gasteiger partial charge >= 0.3 is 0 Å². The summed E-state index contributed by atoms with van der Waals surface area (Å²) in [5, 5.41) is 0. The predicted octanol–water partition coefficient (Wildman–Crippen LogP) is 5.03. The highest BCUT2D eigenvalue weighted by molar-refractivity contribution is 6.02. The molecule has 0 radical (unpaired) electrons. The lowest BCUT2D eigenvalue weighted by Gasteiger charge is -2.19. The van der Waals surface area contributed by atoms with Crippen LogP contribution in [0.5, 0.6) is 11.5 Å². The number of amides is 1. The Morgan fingerprint density at radius 2 is 1.84 bits per heavy atom. The zero-order chi connectivity index (χ0) is 22.0. The van der Waals surface area contributed by atoms with Crippen molar-refractivity contribution in [2.24, 2.45) is 5.73 Å². The second-order valence-electron chi connectivity index (χ2n) is 8.18. The zero-order valence-electron chi connectivity index (χ0n) is 18.5. The summed E-state index contributed by atoms with van der Waals surface area (Å²) in [6.45, 7) is 8.05. The van der Waals surface area contributed by atoms with Gasteiger partial charge in [-0.05, 0) is 49.9 Å². The number of hydrogen-bond donors (Lipinski definition) is 1. The monoisotopic (exact) mass is 418 g/mol. The fraction of sp³-hybridized carbons (Fsp3) is 0.346. The average Bonchev–Trinajstić information content (AvgIpc) is 3.03. The predicted molar refractivity (Wildman–Crippen MR) is 123 cm³/mol. The van der Waals surface area contributed by atoms with Gasteiger partial charge in [0.15, 0.2) is 11.5 Å². The van der Waals surface area contributed by atoms with E-state index in [0.29, 0.717) is 31.1 Å². The molecule has 3 aromatic rings. The third-order valence-electron chi connectivity index (χ3n) is 5.90. The summed E-state index contributed by atoms with van der Waals surface area (Å²) in [5.74, 6) is 1.05. The van der Waals surface area contributed by atoms with Gasteiger partial charge in [-0.2, -0.15) is 0 Å². The summed E-state index contributed by atoms with van der Waals surface area (Å²) in [5.41, 5.74) is 12.8. The molecule has 162 valence electrons. The maximum Gasteiger partial charge on any atom is 0.251 e. The minimum atomic E-state index is -0.400. The first-order valence-corrected chi connectivity index (χ1v) is 11.0. The number of ether oxygens (including phenoxy) is 2. The molecule has 1 aromatic heterocycles. The van der Waals surface area contributed by atoms with Gasteiger partial charge < -0.3 is 19.8 Å². The molecule has 5 heteroatoms. The number of hydrogen-bond acceptors (Lipinski definition) is 3. The lowest BCUT2D eigenvalue weighted by Crippen LogP contribution is -2.15. The summed E-state index contributed by atoms with van der Waals surface area (Å²) >= 11 is 0. The van der Waals surface area contributed by atoms with Gasteiger partial charge in [0.1, 0.15) is 13.2 Å². The van der Waals surface area contributed by atoms with Crippen LogP contribution in [0, 0.1) is 13.8 Å². The fourth-order valence-electron chi connectivity index (χ4n) is 4.42. The first-order valence-electron chi connectivity index (χ1n) is 11.0. The minimum absolute atomic E-state index is 0.400. The number of nitrogens with two attached hydrogens (primary N) is 1. The Labute approximate surface area is 183 Å². The molecule has 0 bridgehead atoms. The number of fused-ring (bicyclic) bond motifs is 1. The van der Waals surface area contributed by atoms with Crippen LogP contribution < -0.4 is 15.2 Å². The second-order valence-corrected chi connectivity index (χ2v) is 8.18. The molecule has 4 rings (SSSR count). The van der Waals surface area contributed by atoms with Crippen molar-refractivity contribution in [3.8, 4) is 22.6 Å². The molecule has 0 unspecified atom stereocenters. The number of rotatable bonds is 7. The van der Waals surface area contributed by atoms with Gasteiger partial charge in [-0.1, -0.05) is 49.2 Å². The maximum atomic E-state index is 12.6. The third kappa shape index (κ3) is 4.18. The Morgan fingerprint density at radius 1 is 1.06 bits per heavy atom. The molecule has 0 aliphatic carbocycles. The molecule has 5 nitrogen and oxygen atoms in total. The Balaban J connectivity index is 1.89. The van der Waals surface area contributed by atoms with E-state index in [4.69, 9.17) is 15.2 Å². The lowest BCUT2D eigenvalue weighted by molar-refractivity contribution is 0.1000. The molecule has 0 fully saturated rings. The standard InChI is InChI=1S/C26H30N2O3/c1-4-5-9-21-25(20-10-11-22-23(15-20)31-13-12-30-22)24(26(27)29)18(3)28(21)16-19-8-6-7-17(2)14-19/h6-8,10-11,14-15H,4-5,9,12-13,16H2,1-3H3,(H2,27,29). The maximum absolute atomic E-state index is 12.6. The number of carbonyl (C=O) groups excluding carboxylic acids is 1. The molecular formula is C26H30N2O3. The van der Waals surface area contributed by atoms with Gasteiger partial charge in [0.2, 0.25) is 0 Å². The Morgan fingerprint density at radius 3 is 2.55 bits per heavy atom. The third-order valence-corrected chi connectivity index (χ3v) is 5.90.